The monoisotopic (exact) mass is 693 g/mol. The molecule has 0 N–H and O–H groups in total. The number of hydrogen-bond donors (Lipinski definition) is 0. The molecule has 2 heterocycles. The van der Waals surface area contributed by atoms with E-state index in [1.807, 2.05) is 18.2 Å². The number of aromatic nitrogens is 3. The molecule has 0 amide bonds. The summed E-state index contributed by atoms with van der Waals surface area (Å²) in [6, 6.07) is 66.4. The van der Waals surface area contributed by atoms with Crippen LogP contribution in [0, 0.1) is 0 Å². The average molecular weight is 694 g/mol. The highest BCUT2D eigenvalue weighted by Crippen LogP contribution is 2.43. The molecule has 0 saturated heterocycles. The van der Waals surface area contributed by atoms with E-state index in [1.54, 1.807) is 11.3 Å². The Morgan fingerprint density at radius 2 is 0.849 bits per heavy atom. The van der Waals surface area contributed by atoms with Crippen molar-refractivity contribution < 1.29 is 0 Å². The van der Waals surface area contributed by atoms with Gasteiger partial charge in [-0.1, -0.05) is 176 Å². The third-order valence-corrected chi connectivity index (χ3v) is 11.2. The molecule has 2 aromatic heterocycles. The zero-order valence-electron chi connectivity index (χ0n) is 28.6. The fraction of sp³-hybridized carbons (Fsp3) is 0. The van der Waals surface area contributed by atoms with Crippen LogP contribution >= 0.6 is 11.3 Å². The van der Waals surface area contributed by atoms with E-state index in [0.29, 0.717) is 17.5 Å². The maximum absolute atomic E-state index is 5.17. The van der Waals surface area contributed by atoms with Crippen molar-refractivity contribution in [2.45, 2.75) is 0 Å². The minimum absolute atomic E-state index is 0.645. The first-order chi connectivity index (χ1) is 26.3. The second kappa shape index (κ2) is 13.1. The van der Waals surface area contributed by atoms with E-state index in [-0.39, 0.29) is 0 Å². The molecular formula is C49H31N3S. The van der Waals surface area contributed by atoms with Crippen molar-refractivity contribution in [2.75, 3.05) is 0 Å². The Morgan fingerprint density at radius 3 is 1.62 bits per heavy atom. The number of hydrogen-bond acceptors (Lipinski definition) is 4. The van der Waals surface area contributed by atoms with Crippen molar-refractivity contribution >= 4 is 42.3 Å². The van der Waals surface area contributed by atoms with E-state index < -0.39 is 0 Å². The third-order valence-electron chi connectivity index (χ3n) is 9.98. The summed E-state index contributed by atoms with van der Waals surface area (Å²) in [5, 5.41) is 4.89. The lowest BCUT2D eigenvalue weighted by atomic mass is 9.86. The van der Waals surface area contributed by atoms with Crippen LogP contribution in [-0.4, -0.2) is 15.0 Å². The van der Waals surface area contributed by atoms with E-state index in [4.69, 9.17) is 15.0 Å². The van der Waals surface area contributed by atoms with Crippen molar-refractivity contribution in [1.82, 2.24) is 15.0 Å². The van der Waals surface area contributed by atoms with Gasteiger partial charge in [0.15, 0.2) is 17.5 Å². The highest BCUT2D eigenvalue weighted by atomic mass is 32.1. The van der Waals surface area contributed by atoms with Gasteiger partial charge in [0.25, 0.3) is 0 Å². The molecule has 0 unspecified atom stereocenters. The number of nitrogens with zero attached hydrogens (tertiary/aromatic N) is 3. The number of fused-ring (bicyclic) bond motifs is 4. The summed E-state index contributed by atoms with van der Waals surface area (Å²) in [6.07, 6.45) is 0. The molecule has 3 nitrogen and oxygen atoms in total. The van der Waals surface area contributed by atoms with Gasteiger partial charge in [-0.2, -0.15) is 0 Å². The van der Waals surface area contributed by atoms with Gasteiger partial charge in [0.2, 0.25) is 0 Å². The van der Waals surface area contributed by atoms with Crippen molar-refractivity contribution in [3.63, 3.8) is 0 Å². The first kappa shape index (κ1) is 31.0. The summed E-state index contributed by atoms with van der Waals surface area (Å²) in [6.45, 7) is 0. The van der Waals surface area contributed by atoms with E-state index in [1.165, 1.54) is 58.8 Å². The van der Waals surface area contributed by atoms with Crippen LogP contribution in [0.1, 0.15) is 0 Å². The molecule has 248 valence electrons. The summed E-state index contributed by atoms with van der Waals surface area (Å²) in [4.78, 5) is 15.3. The quantitative estimate of drug-likeness (QED) is 0.174. The largest absolute Gasteiger partial charge is 0.208 e. The van der Waals surface area contributed by atoms with E-state index in [2.05, 4.69) is 170 Å². The maximum Gasteiger partial charge on any atom is 0.165 e. The number of benzene rings is 8. The molecule has 10 aromatic rings. The Labute approximate surface area is 311 Å². The van der Waals surface area contributed by atoms with Gasteiger partial charge in [-0.05, 0) is 56.3 Å². The van der Waals surface area contributed by atoms with Gasteiger partial charge < -0.3 is 0 Å². The van der Waals surface area contributed by atoms with E-state index in [9.17, 15) is 0 Å². The Hall–Kier alpha value is -6.75. The Bertz CT molecular complexity index is 2930. The molecule has 0 bridgehead atoms. The molecule has 0 aliphatic heterocycles. The van der Waals surface area contributed by atoms with E-state index in [0.717, 1.165) is 22.3 Å². The third kappa shape index (κ3) is 5.57. The summed E-state index contributed by atoms with van der Waals surface area (Å²) < 4.78 is 2.43. The molecule has 0 radical (unpaired) electrons. The molecule has 0 aliphatic rings. The van der Waals surface area contributed by atoms with Gasteiger partial charge in [-0.3, -0.25) is 0 Å². The van der Waals surface area contributed by atoms with Crippen LogP contribution in [-0.2, 0) is 0 Å². The van der Waals surface area contributed by atoms with E-state index >= 15 is 0 Å². The molecule has 8 aromatic carbocycles. The van der Waals surface area contributed by atoms with Crippen molar-refractivity contribution in [3.8, 4) is 67.5 Å². The Balaban J connectivity index is 1.13. The van der Waals surface area contributed by atoms with Crippen molar-refractivity contribution in [1.29, 1.82) is 0 Å². The maximum atomic E-state index is 5.17. The van der Waals surface area contributed by atoms with Gasteiger partial charge in [-0.25, -0.2) is 15.0 Å². The number of thiophene rings is 1. The smallest absolute Gasteiger partial charge is 0.165 e. The molecular weight excluding hydrogens is 663 g/mol. The minimum Gasteiger partial charge on any atom is -0.208 e. The average Bonchev–Trinajstić information content (AvgIpc) is 3.63. The topological polar surface area (TPSA) is 38.7 Å². The van der Waals surface area contributed by atoms with Crippen LogP contribution in [0.4, 0.5) is 0 Å². The molecule has 0 saturated carbocycles. The summed E-state index contributed by atoms with van der Waals surface area (Å²) in [5.74, 6) is 1.97. The fourth-order valence-electron chi connectivity index (χ4n) is 7.45. The van der Waals surface area contributed by atoms with Crippen LogP contribution in [0.3, 0.4) is 0 Å². The zero-order chi connectivity index (χ0) is 35.1. The van der Waals surface area contributed by atoms with Crippen molar-refractivity contribution in [2.24, 2.45) is 0 Å². The molecule has 53 heavy (non-hydrogen) atoms. The highest BCUT2D eigenvalue weighted by molar-refractivity contribution is 7.26. The van der Waals surface area contributed by atoms with Crippen molar-refractivity contribution in [3.05, 3.63) is 188 Å². The first-order valence-corrected chi connectivity index (χ1v) is 18.6. The summed E-state index contributed by atoms with van der Waals surface area (Å²) in [5.41, 5.74) is 10.0. The standard InChI is InChI=1S/C49H31N3S/c1-3-14-32(15-4-1)37-19-9-10-21-39(37)41-31-30-33-16-7-8-20-38(33)45(41)34-26-28-36(29-27-34)48-50-47(35-17-5-2-6-18-35)51-49(52-48)43-24-13-23-42-40-22-11-12-25-44(40)53-46(42)43/h1-31H. The fourth-order valence-corrected chi connectivity index (χ4v) is 8.66. The van der Waals surface area contributed by atoms with Crippen LogP contribution in [0.25, 0.3) is 98.5 Å². The Kier molecular flexibility index (Phi) is 7.67. The molecule has 4 heteroatoms. The van der Waals surface area contributed by atoms with Gasteiger partial charge in [0.1, 0.15) is 0 Å². The minimum atomic E-state index is 0.645. The van der Waals surface area contributed by atoms with Gasteiger partial charge in [-0.15, -0.1) is 11.3 Å². The normalized spacial score (nSPS) is 11.4. The second-order valence-corrected chi connectivity index (χ2v) is 14.2. The van der Waals surface area contributed by atoms with Crippen LogP contribution < -0.4 is 0 Å². The van der Waals surface area contributed by atoms with Crippen LogP contribution in [0.2, 0.25) is 0 Å². The predicted molar refractivity (Wildman–Crippen MR) is 223 cm³/mol. The first-order valence-electron chi connectivity index (χ1n) is 17.8. The second-order valence-electron chi connectivity index (χ2n) is 13.2. The van der Waals surface area contributed by atoms with Gasteiger partial charge in [0.05, 0.1) is 0 Å². The molecule has 0 aliphatic carbocycles. The lowest BCUT2D eigenvalue weighted by Crippen LogP contribution is -2.00. The Morgan fingerprint density at radius 1 is 0.302 bits per heavy atom. The van der Waals surface area contributed by atoms with Crippen LogP contribution in [0.15, 0.2) is 188 Å². The zero-order valence-corrected chi connectivity index (χ0v) is 29.5. The number of rotatable bonds is 6. The summed E-state index contributed by atoms with van der Waals surface area (Å²) >= 11 is 1.79. The van der Waals surface area contributed by atoms with Crippen LogP contribution in [0.5, 0.6) is 0 Å². The lowest BCUT2D eigenvalue weighted by Gasteiger charge is -2.17. The SMILES string of the molecule is c1ccc(-c2nc(-c3ccc(-c4c(-c5ccccc5-c5ccccc5)ccc5ccccc45)cc3)nc(-c3cccc4c3sc3ccccc34)n2)cc1. The predicted octanol–water partition coefficient (Wildman–Crippen LogP) is 13.4. The molecule has 0 fully saturated rings. The van der Waals surface area contributed by atoms with Gasteiger partial charge in [0, 0.05) is 36.9 Å². The van der Waals surface area contributed by atoms with Gasteiger partial charge >= 0.3 is 0 Å². The highest BCUT2D eigenvalue weighted by Gasteiger charge is 2.18. The molecule has 0 spiro atoms. The molecule has 10 rings (SSSR count). The lowest BCUT2D eigenvalue weighted by molar-refractivity contribution is 1.08. The summed E-state index contributed by atoms with van der Waals surface area (Å²) in [7, 11) is 0. The molecule has 0 atom stereocenters.